The third-order valence-corrected chi connectivity index (χ3v) is 4.05. The van der Waals surface area contributed by atoms with Crippen molar-refractivity contribution in [3.05, 3.63) is 23.8 Å². The van der Waals surface area contributed by atoms with Crippen LogP contribution in [0.1, 0.15) is 5.56 Å². The standard InChI is InChI=1S/C13H16N2O3S/c16-13(10-7-19-8-15-10)14-6-9-1-2-11-12(5-9)18-4-3-17-11/h1-2,5,10,15H,3-4,6-8H2,(H,14,16). The van der Waals surface area contributed by atoms with Crippen LogP contribution in [0.15, 0.2) is 18.2 Å². The summed E-state index contributed by atoms with van der Waals surface area (Å²) in [6.45, 7) is 1.68. The normalized spacial score (nSPS) is 21.2. The molecule has 0 saturated carbocycles. The van der Waals surface area contributed by atoms with Crippen LogP contribution in [0.3, 0.4) is 0 Å². The summed E-state index contributed by atoms with van der Waals surface area (Å²) < 4.78 is 11.0. The van der Waals surface area contributed by atoms with Crippen molar-refractivity contribution in [2.24, 2.45) is 0 Å². The zero-order valence-electron chi connectivity index (χ0n) is 10.5. The Labute approximate surface area is 116 Å². The van der Waals surface area contributed by atoms with Crippen LogP contribution in [-0.4, -0.2) is 36.8 Å². The van der Waals surface area contributed by atoms with Crippen LogP contribution in [0, 0.1) is 0 Å². The van der Waals surface area contributed by atoms with Gasteiger partial charge in [0.15, 0.2) is 11.5 Å². The maximum absolute atomic E-state index is 11.9. The number of fused-ring (bicyclic) bond motifs is 1. The molecule has 1 aromatic rings. The summed E-state index contributed by atoms with van der Waals surface area (Å²) in [5.41, 5.74) is 1.02. The second-order valence-corrected chi connectivity index (χ2v) is 5.50. The number of ether oxygens (including phenoxy) is 2. The molecule has 3 rings (SSSR count). The van der Waals surface area contributed by atoms with Crippen molar-refractivity contribution in [3.8, 4) is 11.5 Å². The zero-order valence-corrected chi connectivity index (χ0v) is 11.3. The highest BCUT2D eigenvalue weighted by molar-refractivity contribution is 7.99. The molecule has 0 aromatic heterocycles. The predicted octanol–water partition coefficient (Wildman–Crippen LogP) is 0.736. The average Bonchev–Trinajstić information content (AvgIpc) is 2.99. The van der Waals surface area contributed by atoms with Crippen LogP contribution in [-0.2, 0) is 11.3 Å². The molecule has 0 radical (unpaired) electrons. The van der Waals surface area contributed by atoms with Gasteiger partial charge < -0.3 is 14.8 Å². The SMILES string of the molecule is O=C(NCc1ccc2c(c1)OCCO2)C1CSCN1. The molecular weight excluding hydrogens is 264 g/mol. The Bertz CT molecular complexity index is 475. The molecule has 0 spiro atoms. The highest BCUT2D eigenvalue weighted by atomic mass is 32.2. The van der Waals surface area contributed by atoms with Crippen molar-refractivity contribution in [3.63, 3.8) is 0 Å². The first-order chi connectivity index (χ1) is 9.33. The fraction of sp³-hybridized carbons (Fsp3) is 0.462. The van der Waals surface area contributed by atoms with Gasteiger partial charge in [-0.2, -0.15) is 0 Å². The first-order valence-corrected chi connectivity index (χ1v) is 7.46. The fourth-order valence-corrected chi connectivity index (χ4v) is 3.02. The number of benzene rings is 1. The summed E-state index contributed by atoms with van der Waals surface area (Å²) in [5, 5.41) is 6.09. The van der Waals surface area contributed by atoms with Gasteiger partial charge in [0.05, 0.1) is 6.04 Å². The summed E-state index contributed by atoms with van der Waals surface area (Å²) >= 11 is 1.74. The van der Waals surface area contributed by atoms with Gasteiger partial charge in [0.1, 0.15) is 13.2 Å². The molecule has 1 aromatic carbocycles. The molecule has 2 N–H and O–H groups in total. The average molecular weight is 280 g/mol. The smallest absolute Gasteiger partial charge is 0.238 e. The number of carbonyl (C=O) groups is 1. The van der Waals surface area contributed by atoms with Gasteiger partial charge in [-0.15, -0.1) is 11.8 Å². The summed E-state index contributed by atoms with van der Waals surface area (Å²) in [7, 11) is 0. The van der Waals surface area contributed by atoms with E-state index in [1.54, 1.807) is 11.8 Å². The maximum Gasteiger partial charge on any atom is 0.238 e. The van der Waals surface area contributed by atoms with E-state index in [0.717, 1.165) is 28.7 Å². The molecule has 2 aliphatic rings. The van der Waals surface area contributed by atoms with E-state index in [1.165, 1.54) is 0 Å². The van der Waals surface area contributed by atoms with Crippen LogP contribution in [0.25, 0.3) is 0 Å². The van der Waals surface area contributed by atoms with Gasteiger partial charge in [-0.1, -0.05) is 6.07 Å². The van der Waals surface area contributed by atoms with E-state index in [2.05, 4.69) is 10.6 Å². The third-order valence-electron chi connectivity index (χ3n) is 3.11. The fourth-order valence-electron chi connectivity index (χ4n) is 2.07. The molecule has 1 fully saturated rings. The van der Waals surface area contributed by atoms with Crippen molar-refractivity contribution < 1.29 is 14.3 Å². The molecule has 102 valence electrons. The topological polar surface area (TPSA) is 59.6 Å². The second kappa shape index (κ2) is 5.71. The van der Waals surface area contributed by atoms with Gasteiger partial charge in [-0.05, 0) is 17.7 Å². The molecule has 6 heteroatoms. The maximum atomic E-state index is 11.9. The number of carbonyl (C=O) groups excluding carboxylic acids is 1. The van der Waals surface area contributed by atoms with E-state index in [4.69, 9.17) is 9.47 Å². The highest BCUT2D eigenvalue weighted by Gasteiger charge is 2.22. The lowest BCUT2D eigenvalue weighted by Gasteiger charge is -2.19. The minimum atomic E-state index is -0.0674. The Balaban J connectivity index is 1.59. The van der Waals surface area contributed by atoms with E-state index < -0.39 is 0 Å². The van der Waals surface area contributed by atoms with Gasteiger partial charge in [-0.3, -0.25) is 10.1 Å². The predicted molar refractivity (Wildman–Crippen MR) is 73.5 cm³/mol. The Morgan fingerprint density at radius 2 is 2.21 bits per heavy atom. The number of thioether (sulfide) groups is 1. The lowest BCUT2D eigenvalue weighted by molar-refractivity contribution is -0.122. The molecule has 0 bridgehead atoms. The molecular formula is C13H16N2O3S. The van der Waals surface area contributed by atoms with Crippen molar-refractivity contribution in [2.45, 2.75) is 12.6 Å². The Morgan fingerprint density at radius 3 is 3.00 bits per heavy atom. The number of hydrogen-bond acceptors (Lipinski definition) is 5. The summed E-state index contributed by atoms with van der Waals surface area (Å²) in [6, 6.07) is 5.69. The van der Waals surface area contributed by atoms with Crippen molar-refractivity contribution in [1.29, 1.82) is 0 Å². The van der Waals surface area contributed by atoms with Gasteiger partial charge >= 0.3 is 0 Å². The van der Waals surface area contributed by atoms with E-state index >= 15 is 0 Å². The Morgan fingerprint density at radius 1 is 1.37 bits per heavy atom. The van der Waals surface area contributed by atoms with Gasteiger partial charge in [0, 0.05) is 18.2 Å². The number of amides is 1. The summed E-state index contributed by atoms with van der Waals surface area (Å²) in [6.07, 6.45) is 0. The summed E-state index contributed by atoms with van der Waals surface area (Å²) in [5.74, 6) is 3.28. The Kier molecular flexibility index (Phi) is 3.79. The minimum Gasteiger partial charge on any atom is -0.486 e. The van der Waals surface area contributed by atoms with E-state index in [-0.39, 0.29) is 11.9 Å². The lowest BCUT2D eigenvalue weighted by Crippen LogP contribution is -2.41. The van der Waals surface area contributed by atoms with Crippen LogP contribution in [0.2, 0.25) is 0 Å². The van der Waals surface area contributed by atoms with Crippen LogP contribution in [0.4, 0.5) is 0 Å². The van der Waals surface area contributed by atoms with Gasteiger partial charge in [-0.25, -0.2) is 0 Å². The molecule has 1 unspecified atom stereocenters. The van der Waals surface area contributed by atoms with Crippen LogP contribution in [0.5, 0.6) is 11.5 Å². The molecule has 1 amide bonds. The van der Waals surface area contributed by atoms with Crippen molar-refractivity contribution in [2.75, 3.05) is 24.8 Å². The quantitative estimate of drug-likeness (QED) is 0.855. The number of nitrogens with one attached hydrogen (secondary N) is 2. The third kappa shape index (κ3) is 2.96. The first-order valence-electron chi connectivity index (χ1n) is 6.30. The second-order valence-electron chi connectivity index (χ2n) is 4.47. The number of rotatable bonds is 3. The molecule has 1 atom stereocenters. The van der Waals surface area contributed by atoms with Crippen LogP contribution >= 0.6 is 11.8 Å². The number of hydrogen-bond donors (Lipinski definition) is 2. The van der Waals surface area contributed by atoms with Crippen molar-refractivity contribution >= 4 is 17.7 Å². The molecule has 2 aliphatic heterocycles. The molecule has 1 saturated heterocycles. The molecule has 19 heavy (non-hydrogen) atoms. The monoisotopic (exact) mass is 280 g/mol. The minimum absolute atomic E-state index is 0.0555. The summed E-state index contributed by atoms with van der Waals surface area (Å²) in [4.78, 5) is 11.9. The molecule has 5 nitrogen and oxygen atoms in total. The van der Waals surface area contributed by atoms with Crippen molar-refractivity contribution in [1.82, 2.24) is 10.6 Å². The van der Waals surface area contributed by atoms with Gasteiger partial charge in [0.25, 0.3) is 0 Å². The van der Waals surface area contributed by atoms with Crippen LogP contribution < -0.4 is 20.1 Å². The lowest BCUT2D eigenvalue weighted by atomic mass is 10.2. The molecule has 2 heterocycles. The zero-order chi connectivity index (χ0) is 13.1. The largest absolute Gasteiger partial charge is 0.486 e. The van der Waals surface area contributed by atoms with Gasteiger partial charge in [0.2, 0.25) is 5.91 Å². The first kappa shape index (κ1) is 12.6. The van der Waals surface area contributed by atoms with E-state index in [0.29, 0.717) is 19.8 Å². The van der Waals surface area contributed by atoms with E-state index in [1.807, 2.05) is 18.2 Å². The van der Waals surface area contributed by atoms with E-state index in [9.17, 15) is 4.79 Å². The Hall–Kier alpha value is -1.40. The molecule has 0 aliphatic carbocycles. The highest BCUT2D eigenvalue weighted by Crippen LogP contribution is 2.30.